The highest BCUT2D eigenvalue weighted by molar-refractivity contribution is 7.80. The van der Waals surface area contributed by atoms with Crippen molar-refractivity contribution < 1.29 is 4.74 Å². The van der Waals surface area contributed by atoms with Crippen LogP contribution in [0.2, 0.25) is 0 Å². The van der Waals surface area contributed by atoms with E-state index in [-0.39, 0.29) is 0 Å². The minimum atomic E-state index is 0.686. The van der Waals surface area contributed by atoms with E-state index in [9.17, 15) is 0 Å². The Morgan fingerprint density at radius 1 is 0.957 bits per heavy atom. The van der Waals surface area contributed by atoms with Crippen LogP contribution in [-0.4, -0.2) is 42.7 Å². The molecule has 3 nitrogen and oxygen atoms in total. The van der Waals surface area contributed by atoms with E-state index < -0.39 is 0 Å². The van der Waals surface area contributed by atoms with E-state index in [1.165, 1.54) is 5.69 Å². The highest BCUT2D eigenvalue weighted by Crippen LogP contribution is 2.18. The summed E-state index contributed by atoms with van der Waals surface area (Å²) in [4.78, 5) is 5.64. The van der Waals surface area contributed by atoms with Crippen molar-refractivity contribution in [2.75, 3.05) is 37.7 Å². The summed E-state index contributed by atoms with van der Waals surface area (Å²) in [5.74, 6) is 0.896. The lowest BCUT2D eigenvalue weighted by atomic mass is 10.1. The molecule has 3 rings (SSSR count). The molecule has 1 fully saturated rings. The van der Waals surface area contributed by atoms with E-state index in [1.54, 1.807) is 0 Å². The zero-order chi connectivity index (χ0) is 16.1. The SMILES string of the molecule is CCOc1ccc(C(=S)N2CCN(c3ccccc3)CC2)cc1. The molecule has 0 aliphatic carbocycles. The number of para-hydroxylation sites is 1. The number of benzene rings is 2. The molecule has 0 radical (unpaired) electrons. The molecule has 2 aromatic carbocycles. The van der Waals surface area contributed by atoms with Gasteiger partial charge < -0.3 is 14.5 Å². The second kappa shape index (κ2) is 7.47. The number of piperazine rings is 1. The summed E-state index contributed by atoms with van der Waals surface area (Å²) < 4.78 is 5.49. The molecule has 1 saturated heterocycles. The number of ether oxygens (including phenoxy) is 1. The Labute approximate surface area is 143 Å². The number of rotatable bonds is 4. The summed E-state index contributed by atoms with van der Waals surface area (Å²) in [6.45, 7) is 6.60. The van der Waals surface area contributed by atoms with Gasteiger partial charge in [-0.25, -0.2) is 0 Å². The van der Waals surface area contributed by atoms with Gasteiger partial charge in [-0.1, -0.05) is 30.4 Å². The van der Waals surface area contributed by atoms with E-state index in [0.717, 1.165) is 42.5 Å². The number of hydrogen-bond donors (Lipinski definition) is 0. The first kappa shape index (κ1) is 15.8. The van der Waals surface area contributed by atoms with Gasteiger partial charge in [0.2, 0.25) is 0 Å². The van der Waals surface area contributed by atoms with Crippen LogP contribution in [-0.2, 0) is 0 Å². The molecule has 4 heteroatoms. The lowest BCUT2D eigenvalue weighted by molar-refractivity contribution is 0.340. The molecular formula is C19H22N2OS. The predicted octanol–water partition coefficient (Wildman–Crippen LogP) is 3.58. The minimum Gasteiger partial charge on any atom is -0.494 e. The second-order valence-electron chi connectivity index (χ2n) is 5.57. The quantitative estimate of drug-likeness (QED) is 0.798. The largest absolute Gasteiger partial charge is 0.494 e. The van der Waals surface area contributed by atoms with Crippen molar-refractivity contribution in [3.8, 4) is 5.75 Å². The van der Waals surface area contributed by atoms with Crippen molar-refractivity contribution in [2.45, 2.75) is 6.92 Å². The third kappa shape index (κ3) is 3.82. The summed E-state index contributed by atoms with van der Waals surface area (Å²) >= 11 is 5.67. The third-order valence-corrected chi connectivity index (χ3v) is 4.59. The Balaban J connectivity index is 1.59. The Kier molecular flexibility index (Phi) is 5.13. The van der Waals surface area contributed by atoms with Crippen molar-refractivity contribution in [2.24, 2.45) is 0 Å². The fraction of sp³-hybridized carbons (Fsp3) is 0.316. The van der Waals surface area contributed by atoms with E-state index in [1.807, 2.05) is 19.1 Å². The van der Waals surface area contributed by atoms with Gasteiger partial charge in [0.1, 0.15) is 10.7 Å². The monoisotopic (exact) mass is 326 g/mol. The number of hydrogen-bond acceptors (Lipinski definition) is 3. The van der Waals surface area contributed by atoms with E-state index in [4.69, 9.17) is 17.0 Å². The third-order valence-electron chi connectivity index (χ3n) is 4.10. The van der Waals surface area contributed by atoms with Crippen LogP contribution in [0.5, 0.6) is 5.75 Å². The van der Waals surface area contributed by atoms with Crippen molar-refractivity contribution in [1.82, 2.24) is 4.90 Å². The first-order valence-electron chi connectivity index (χ1n) is 8.10. The van der Waals surface area contributed by atoms with Crippen LogP contribution in [0, 0.1) is 0 Å². The fourth-order valence-electron chi connectivity index (χ4n) is 2.85. The van der Waals surface area contributed by atoms with E-state index >= 15 is 0 Å². The zero-order valence-electron chi connectivity index (χ0n) is 13.4. The molecular weight excluding hydrogens is 304 g/mol. The lowest BCUT2D eigenvalue weighted by Crippen LogP contribution is -2.48. The van der Waals surface area contributed by atoms with Crippen LogP contribution < -0.4 is 9.64 Å². The van der Waals surface area contributed by atoms with Crippen molar-refractivity contribution in [3.63, 3.8) is 0 Å². The fourth-order valence-corrected chi connectivity index (χ4v) is 3.17. The van der Waals surface area contributed by atoms with Gasteiger partial charge >= 0.3 is 0 Å². The molecule has 0 aromatic heterocycles. The highest BCUT2D eigenvalue weighted by atomic mass is 32.1. The first-order valence-corrected chi connectivity index (χ1v) is 8.51. The molecule has 0 atom stereocenters. The van der Waals surface area contributed by atoms with Gasteiger partial charge in [0.05, 0.1) is 6.61 Å². The predicted molar refractivity (Wildman–Crippen MR) is 99.5 cm³/mol. The van der Waals surface area contributed by atoms with Gasteiger partial charge in [-0.3, -0.25) is 0 Å². The average molecular weight is 326 g/mol. The van der Waals surface area contributed by atoms with E-state index in [0.29, 0.717) is 6.61 Å². The van der Waals surface area contributed by atoms with Crippen LogP contribution >= 0.6 is 12.2 Å². The Bertz CT molecular complexity index is 634. The van der Waals surface area contributed by atoms with Gasteiger partial charge in [-0.05, 0) is 43.3 Å². The summed E-state index contributed by atoms with van der Waals surface area (Å²) in [5.41, 5.74) is 2.38. The summed E-state index contributed by atoms with van der Waals surface area (Å²) in [7, 11) is 0. The van der Waals surface area contributed by atoms with Gasteiger partial charge in [0.15, 0.2) is 0 Å². The molecule has 0 spiro atoms. The maximum atomic E-state index is 5.67. The molecule has 1 aliphatic rings. The molecule has 0 saturated carbocycles. The molecule has 0 N–H and O–H groups in total. The number of anilines is 1. The lowest BCUT2D eigenvalue weighted by Gasteiger charge is -2.37. The molecule has 2 aromatic rings. The molecule has 1 heterocycles. The normalized spacial score (nSPS) is 14.7. The van der Waals surface area contributed by atoms with Gasteiger partial charge in [0.25, 0.3) is 0 Å². The first-order chi connectivity index (χ1) is 11.3. The van der Waals surface area contributed by atoms with E-state index in [2.05, 4.69) is 52.3 Å². The van der Waals surface area contributed by atoms with Crippen LogP contribution in [0.4, 0.5) is 5.69 Å². The summed E-state index contributed by atoms with van der Waals surface area (Å²) in [6.07, 6.45) is 0. The second-order valence-corrected chi connectivity index (χ2v) is 5.96. The Morgan fingerprint density at radius 3 is 2.22 bits per heavy atom. The van der Waals surface area contributed by atoms with Crippen molar-refractivity contribution in [3.05, 3.63) is 60.2 Å². The molecule has 0 bridgehead atoms. The van der Waals surface area contributed by atoms with Gasteiger partial charge in [-0.2, -0.15) is 0 Å². The average Bonchev–Trinajstić information content (AvgIpc) is 2.63. The molecule has 0 unspecified atom stereocenters. The maximum absolute atomic E-state index is 5.67. The van der Waals surface area contributed by atoms with Crippen LogP contribution in [0.15, 0.2) is 54.6 Å². The number of nitrogens with zero attached hydrogens (tertiary/aromatic N) is 2. The summed E-state index contributed by atoms with van der Waals surface area (Å²) in [6, 6.07) is 18.7. The Hall–Kier alpha value is -2.07. The minimum absolute atomic E-state index is 0.686. The maximum Gasteiger partial charge on any atom is 0.119 e. The van der Waals surface area contributed by atoms with Crippen molar-refractivity contribution >= 4 is 22.9 Å². The topological polar surface area (TPSA) is 15.7 Å². The number of thiocarbonyl (C=S) groups is 1. The van der Waals surface area contributed by atoms with Gasteiger partial charge in [0, 0.05) is 37.4 Å². The van der Waals surface area contributed by atoms with Crippen molar-refractivity contribution in [1.29, 1.82) is 0 Å². The van der Waals surface area contributed by atoms with Crippen LogP contribution in [0.1, 0.15) is 12.5 Å². The molecule has 120 valence electrons. The molecule has 23 heavy (non-hydrogen) atoms. The standard InChI is InChI=1S/C19H22N2OS/c1-2-22-18-10-8-16(9-11-18)19(23)21-14-12-20(13-15-21)17-6-4-3-5-7-17/h3-11H,2,12-15H2,1H3. The summed E-state index contributed by atoms with van der Waals surface area (Å²) in [5, 5.41) is 0. The molecule has 0 amide bonds. The van der Waals surface area contributed by atoms with Crippen LogP contribution in [0.3, 0.4) is 0 Å². The highest BCUT2D eigenvalue weighted by Gasteiger charge is 2.19. The molecule has 1 aliphatic heterocycles. The van der Waals surface area contributed by atoms with Gasteiger partial charge in [-0.15, -0.1) is 0 Å². The zero-order valence-corrected chi connectivity index (χ0v) is 14.3. The Morgan fingerprint density at radius 2 is 1.61 bits per heavy atom. The van der Waals surface area contributed by atoms with Crippen LogP contribution in [0.25, 0.3) is 0 Å². The smallest absolute Gasteiger partial charge is 0.119 e.